The van der Waals surface area contributed by atoms with Crippen molar-refractivity contribution in [2.75, 3.05) is 58.3 Å². The van der Waals surface area contributed by atoms with Gasteiger partial charge < -0.3 is 35.3 Å². The first kappa shape index (κ1) is 64.9. The van der Waals surface area contributed by atoms with Crippen LogP contribution in [0.5, 0.6) is 0 Å². The van der Waals surface area contributed by atoms with E-state index < -0.39 is 108 Å². The van der Waals surface area contributed by atoms with Crippen molar-refractivity contribution in [1.29, 1.82) is 0 Å². The van der Waals surface area contributed by atoms with Gasteiger partial charge in [0.1, 0.15) is 24.4 Å². The average molecular weight is 1200 g/mol. The Kier molecular flexibility index (Phi) is 24.1. The van der Waals surface area contributed by atoms with E-state index in [1.54, 1.807) is 88.4 Å². The Morgan fingerprint density at radius 2 is 0.975 bits per heavy atom. The van der Waals surface area contributed by atoms with Crippen LogP contribution in [-0.2, 0) is 81.0 Å². The molecule has 0 aliphatic carbocycles. The molecule has 4 aromatic rings. The predicted octanol–water partition coefficient (Wildman–Crippen LogP) is 4.79. The normalized spacial score (nSPS) is 17.5. The highest BCUT2D eigenvalue weighted by Gasteiger charge is 2.38. The number of rotatable bonds is 27. The van der Waals surface area contributed by atoms with Crippen molar-refractivity contribution in [3.8, 4) is 0 Å². The minimum absolute atomic E-state index is 0.0000374. The van der Waals surface area contributed by atoms with Crippen molar-refractivity contribution in [3.63, 3.8) is 0 Å². The Hall–Kier alpha value is -5.90. The van der Waals surface area contributed by atoms with Gasteiger partial charge in [-0.15, -0.1) is 0 Å². The first-order chi connectivity index (χ1) is 37.6. The van der Waals surface area contributed by atoms with Gasteiger partial charge >= 0.3 is 33.0 Å². The molecule has 2 aliphatic rings. The van der Waals surface area contributed by atoms with Crippen molar-refractivity contribution >= 4 is 64.4 Å². The van der Waals surface area contributed by atoms with E-state index in [0.29, 0.717) is 42.9 Å². The molecule has 6 rings (SSSR count). The third-order valence-corrected chi connectivity index (χ3v) is 16.7. The van der Waals surface area contributed by atoms with Crippen molar-refractivity contribution in [1.82, 2.24) is 19.2 Å². The number of nitrogen functional groups attached to an aromatic ring is 1. The summed E-state index contributed by atoms with van der Waals surface area (Å²) >= 11 is 0. The molecule has 2 fully saturated rings. The highest BCUT2D eigenvalue weighted by atomic mass is 32.3. The molecule has 2 saturated heterocycles. The maximum atomic E-state index is 13.6. The zero-order valence-electron chi connectivity index (χ0n) is 44.3. The number of non-ortho nitro benzene ring substituents is 1. The molecular weight excluding hydrogens is 1130 g/mol. The van der Waals surface area contributed by atoms with E-state index in [1.165, 1.54) is 24.3 Å². The number of amides is 2. The zero-order chi connectivity index (χ0) is 58.8. The molecule has 0 spiro atoms. The number of nitro groups is 1. The lowest BCUT2D eigenvalue weighted by molar-refractivity contribution is -0.384. The van der Waals surface area contributed by atoms with Crippen LogP contribution in [0, 0.1) is 22.0 Å². The number of nitrogens with zero attached hydrogens (tertiary/aromatic N) is 3. The quantitative estimate of drug-likeness (QED) is 0.0232. The summed E-state index contributed by atoms with van der Waals surface area (Å²) in [6.45, 7) is 7.10. The summed E-state index contributed by atoms with van der Waals surface area (Å²) in [5, 5.41) is 16.2. The second-order valence-electron chi connectivity index (χ2n) is 19.5. The molecule has 80 heavy (non-hydrogen) atoms. The SMILES string of the molecule is CC(C)CN(C[C@@H](OS(=O)(=O)O)[C@H](Cc1ccccc1)NC(=O)O[C@H]1CCOC1)S(=O)(=O)c1ccc(N)cc1.CC(C)CN(C[C@@H](OS(=O)(=O)O)[C@H](Cc1ccccc1)NC(=O)O[C@H]1CCOC1)S(=O)(=O)c1ccc([N+](=O)[O-])cc1. The van der Waals surface area contributed by atoms with E-state index in [4.69, 9.17) is 33.0 Å². The first-order valence-electron chi connectivity index (χ1n) is 25.2. The molecule has 2 heterocycles. The molecule has 0 radical (unpaired) electrons. The third kappa shape index (κ3) is 21.5. The van der Waals surface area contributed by atoms with Crippen LogP contribution in [0.4, 0.5) is 21.0 Å². The lowest BCUT2D eigenvalue weighted by atomic mass is 10.0. The van der Waals surface area contributed by atoms with Crippen LogP contribution in [0.1, 0.15) is 51.7 Å². The number of nitrogens with two attached hydrogens (primary N) is 1. The summed E-state index contributed by atoms with van der Waals surface area (Å²) in [6, 6.07) is 24.9. The maximum Gasteiger partial charge on any atom is 0.407 e. The fourth-order valence-corrected chi connectivity index (χ4v) is 12.6. The first-order valence-corrected chi connectivity index (χ1v) is 30.8. The molecule has 2 amide bonds. The molecule has 4 aromatic carbocycles. The van der Waals surface area contributed by atoms with E-state index in [1.807, 2.05) is 0 Å². The Bertz CT molecular complexity index is 3080. The molecule has 30 heteroatoms. The molecular formula is C50H68N6O20S4. The van der Waals surface area contributed by atoms with Crippen LogP contribution in [-0.4, -0.2) is 158 Å². The topological polar surface area (TPSA) is 366 Å². The second-order valence-corrected chi connectivity index (χ2v) is 25.5. The summed E-state index contributed by atoms with van der Waals surface area (Å²) in [7, 11) is -18.7. The fourth-order valence-electron chi connectivity index (χ4n) is 8.37. The standard InChI is InChI=1S/C25H33N3O11S2.C25H35N3O9S2/c1-18(2)15-27(40(32,33)22-10-8-20(9-11-22)28(30)31)16-24(39-41(34,35)36)23(14-19-6-4-3-5-7-19)26-25(29)38-21-12-13-37-17-21;1-18(2)15-28(38(30,31)22-10-8-20(26)9-11-22)16-24(37-39(32,33)34)23(14-19-6-4-3-5-7-19)27-25(29)36-21-12-13-35-17-21/h3-11,18,21,23-24H,12-17H2,1-2H3,(H,26,29)(H,34,35,36);3-11,18,21,23-24H,12-17,26H2,1-2H3,(H,27,29)(H,32,33,34)/t2*21-,23-,24+/m00/s1. The minimum atomic E-state index is -5.13. The number of carbonyl (C=O) groups is 2. The number of benzene rings is 4. The van der Waals surface area contributed by atoms with Crippen LogP contribution < -0.4 is 16.4 Å². The highest BCUT2D eigenvalue weighted by Crippen LogP contribution is 2.25. The van der Waals surface area contributed by atoms with Crippen LogP contribution in [0.25, 0.3) is 0 Å². The minimum Gasteiger partial charge on any atom is -0.444 e. The smallest absolute Gasteiger partial charge is 0.407 e. The number of sulfonamides is 2. The predicted molar refractivity (Wildman–Crippen MR) is 290 cm³/mol. The van der Waals surface area contributed by atoms with Gasteiger partial charge in [-0.2, -0.15) is 25.4 Å². The summed E-state index contributed by atoms with van der Waals surface area (Å²) in [5.74, 6) is -0.408. The van der Waals surface area contributed by atoms with Gasteiger partial charge in [0, 0.05) is 56.8 Å². The number of ether oxygens (including phenoxy) is 4. The lowest BCUT2D eigenvalue weighted by Crippen LogP contribution is -2.53. The van der Waals surface area contributed by atoms with Gasteiger partial charge in [-0.25, -0.2) is 34.8 Å². The van der Waals surface area contributed by atoms with Gasteiger partial charge in [0.2, 0.25) is 20.0 Å². The summed E-state index contributed by atoms with van der Waals surface area (Å²) < 4.78 is 155. The molecule has 442 valence electrons. The third-order valence-electron chi connectivity index (χ3n) is 12.0. The van der Waals surface area contributed by atoms with Crippen molar-refractivity contribution in [2.24, 2.45) is 11.8 Å². The van der Waals surface area contributed by atoms with Crippen molar-refractivity contribution < 1.29 is 84.6 Å². The van der Waals surface area contributed by atoms with Crippen molar-refractivity contribution in [3.05, 3.63) is 130 Å². The molecule has 0 unspecified atom stereocenters. The van der Waals surface area contributed by atoms with E-state index in [2.05, 4.69) is 10.6 Å². The van der Waals surface area contributed by atoms with E-state index in [0.717, 1.165) is 32.9 Å². The van der Waals surface area contributed by atoms with E-state index in [-0.39, 0.29) is 66.5 Å². The molecule has 0 aromatic heterocycles. The monoisotopic (exact) mass is 1200 g/mol. The largest absolute Gasteiger partial charge is 0.444 e. The van der Waals surface area contributed by atoms with Gasteiger partial charge in [0.15, 0.2) is 0 Å². The Morgan fingerprint density at radius 1 is 0.613 bits per heavy atom. The van der Waals surface area contributed by atoms with E-state index >= 15 is 0 Å². The van der Waals surface area contributed by atoms with E-state index in [9.17, 15) is 62.5 Å². The van der Waals surface area contributed by atoms with Crippen molar-refractivity contribution in [2.45, 2.75) is 99.7 Å². The molecule has 2 aliphatic heterocycles. The summed E-state index contributed by atoms with van der Waals surface area (Å²) in [6.07, 6.45) is -4.87. The number of hydrogen-bond acceptors (Lipinski definition) is 19. The fraction of sp³-hybridized carbons (Fsp3) is 0.480. The molecule has 6 N–H and O–H groups in total. The molecule has 0 bridgehead atoms. The molecule has 26 nitrogen and oxygen atoms in total. The lowest BCUT2D eigenvalue weighted by Gasteiger charge is -2.32. The summed E-state index contributed by atoms with van der Waals surface area (Å²) in [4.78, 5) is 35.6. The number of nitrogens with one attached hydrogen (secondary N) is 2. The van der Waals surface area contributed by atoms with Crippen LogP contribution in [0.3, 0.4) is 0 Å². The number of hydrogen-bond donors (Lipinski definition) is 5. The average Bonchev–Trinajstić information content (AvgIpc) is 4.10. The van der Waals surface area contributed by atoms with Crippen LogP contribution >= 0.6 is 0 Å². The number of carbonyl (C=O) groups excluding carboxylic acids is 2. The Morgan fingerprint density at radius 3 is 1.29 bits per heavy atom. The second kappa shape index (κ2) is 29.7. The molecule has 6 atom stereocenters. The number of anilines is 1. The van der Waals surface area contributed by atoms with Gasteiger partial charge in [-0.1, -0.05) is 88.4 Å². The Labute approximate surface area is 466 Å². The van der Waals surface area contributed by atoms with Gasteiger partial charge in [0.05, 0.1) is 53.2 Å². The van der Waals surface area contributed by atoms with Crippen LogP contribution in [0.2, 0.25) is 0 Å². The van der Waals surface area contributed by atoms with Crippen LogP contribution in [0.15, 0.2) is 119 Å². The van der Waals surface area contributed by atoms with Gasteiger partial charge in [-0.05, 0) is 72.2 Å². The van der Waals surface area contributed by atoms with Gasteiger partial charge in [-0.3, -0.25) is 19.2 Å². The molecule has 0 saturated carbocycles. The number of alkyl carbamates (subject to hydrolysis) is 2. The Balaban J connectivity index is 0.000000294. The number of nitro benzene ring substituents is 1. The summed E-state index contributed by atoms with van der Waals surface area (Å²) in [5.41, 5.74) is 7.12. The zero-order valence-corrected chi connectivity index (χ0v) is 47.6. The maximum absolute atomic E-state index is 13.6. The van der Waals surface area contributed by atoms with Gasteiger partial charge in [0.25, 0.3) is 5.69 Å². The highest BCUT2D eigenvalue weighted by molar-refractivity contribution is 7.89.